The molecule has 2 heterocycles. The molecule has 0 aliphatic rings. The Bertz CT molecular complexity index is 1030. The van der Waals surface area contributed by atoms with Crippen LogP contribution in [0.3, 0.4) is 0 Å². The van der Waals surface area contributed by atoms with Gasteiger partial charge < -0.3 is 9.88 Å². The van der Waals surface area contributed by atoms with Gasteiger partial charge in [0.1, 0.15) is 0 Å². The van der Waals surface area contributed by atoms with Crippen molar-refractivity contribution in [2.75, 3.05) is 6.54 Å². The van der Waals surface area contributed by atoms with Crippen molar-refractivity contribution in [1.82, 2.24) is 14.9 Å². The van der Waals surface area contributed by atoms with Crippen LogP contribution in [0.1, 0.15) is 16.8 Å². The van der Waals surface area contributed by atoms with Crippen molar-refractivity contribution in [3.8, 4) is 0 Å². The molecule has 4 nitrogen and oxygen atoms in total. The molecule has 4 rings (SSSR count). The van der Waals surface area contributed by atoms with Crippen LogP contribution in [0.4, 0.5) is 0 Å². The van der Waals surface area contributed by atoms with Crippen molar-refractivity contribution in [3.63, 3.8) is 0 Å². The quantitative estimate of drug-likeness (QED) is 0.562. The highest BCUT2D eigenvalue weighted by atomic mass is 16.1. The van der Waals surface area contributed by atoms with E-state index < -0.39 is 0 Å². The predicted octanol–water partition coefficient (Wildman–Crippen LogP) is 4.01. The fourth-order valence-electron chi connectivity index (χ4n) is 3.18. The molecule has 0 spiro atoms. The van der Waals surface area contributed by atoms with Crippen LogP contribution in [0.25, 0.3) is 21.8 Å². The Morgan fingerprint density at radius 1 is 1.00 bits per heavy atom. The Hall–Kier alpha value is -3.14. The van der Waals surface area contributed by atoms with Gasteiger partial charge >= 0.3 is 0 Å². The molecule has 124 valence electrons. The zero-order chi connectivity index (χ0) is 17.1. The van der Waals surface area contributed by atoms with Crippen LogP contribution in [0.15, 0.2) is 73.1 Å². The van der Waals surface area contributed by atoms with Gasteiger partial charge in [0.05, 0.1) is 11.1 Å². The third-order valence-electron chi connectivity index (χ3n) is 4.44. The van der Waals surface area contributed by atoms with Gasteiger partial charge in [-0.15, -0.1) is 0 Å². The van der Waals surface area contributed by atoms with Crippen molar-refractivity contribution in [1.29, 1.82) is 0 Å². The van der Waals surface area contributed by atoms with Crippen LogP contribution in [-0.2, 0) is 6.54 Å². The number of hydrogen-bond acceptors (Lipinski definition) is 2. The van der Waals surface area contributed by atoms with Crippen molar-refractivity contribution in [2.24, 2.45) is 0 Å². The molecular weight excluding hydrogens is 310 g/mol. The van der Waals surface area contributed by atoms with Crippen LogP contribution >= 0.6 is 0 Å². The first-order chi connectivity index (χ1) is 12.3. The lowest BCUT2D eigenvalue weighted by Gasteiger charge is -2.09. The molecule has 0 fully saturated rings. The highest BCUT2D eigenvalue weighted by molar-refractivity contribution is 6.05. The molecule has 4 aromatic rings. The third-order valence-corrected chi connectivity index (χ3v) is 4.44. The Kier molecular flexibility index (Phi) is 4.17. The van der Waals surface area contributed by atoms with E-state index >= 15 is 0 Å². The van der Waals surface area contributed by atoms with E-state index in [4.69, 9.17) is 0 Å². The molecule has 0 radical (unpaired) electrons. The SMILES string of the molecule is O=C(NCCCn1ccc2ccccc21)c1ccnc2ccccc12. The fourth-order valence-corrected chi connectivity index (χ4v) is 3.18. The van der Waals surface area contributed by atoms with Crippen molar-refractivity contribution in [3.05, 3.63) is 78.6 Å². The highest BCUT2D eigenvalue weighted by Crippen LogP contribution is 2.17. The lowest BCUT2D eigenvalue weighted by Crippen LogP contribution is -2.25. The molecule has 1 amide bonds. The third kappa shape index (κ3) is 3.11. The number of para-hydroxylation sites is 2. The normalized spacial score (nSPS) is 11.0. The Balaban J connectivity index is 1.39. The molecule has 0 aliphatic carbocycles. The number of aryl methyl sites for hydroxylation is 1. The van der Waals surface area contributed by atoms with E-state index in [1.54, 1.807) is 12.3 Å². The highest BCUT2D eigenvalue weighted by Gasteiger charge is 2.09. The smallest absolute Gasteiger partial charge is 0.252 e. The van der Waals surface area contributed by atoms with Gasteiger partial charge in [-0.1, -0.05) is 36.4 Å². The summed E-state index contributed by atoms with van der Waals surface area (Å²) in [5, 5.41) is 5.15. The van der Waals surface area contributed by atoms with E-state index in [2.05, 4.69) is 45.3 Å². The summed E-state index contributed by atoms with van der Waals surface area (Å²) in [7, 11) is 0. The number of aromatic nitrogens is 2. The Morgan fingerprint density at radius 2 is 1.84 bits per heavy atom. The van der Waals surface area contributed by atoms with Gasteiger partial charge in [-0.2, -0.15) is 0 Å². The van der Waals surface area contributed by atoms with Crippen molar-refractivity contribution < 1.29 is 4.79 Å². The van der Waals surface area contributed by atoms with E-state index in [1.807, 2.05) is 30.3 Å². The zero-order valence-corrected chi connectivity index (χ0v) is 13.9. The predicted molar refractivity (Wildman–Crippen MR) is 101 cm³/mol. The largest absolute Gasteiger partial charge is 0.352 e. The molecule has 1 N–H and O–H groups in total. The lowest BCUT2D eigenvalue weighted by atomic mass is 10.1. The van der Waals surface area contributed by atoms with E-state index in [-0.39, 0.29) is 5.91 Å². The summed E-state index contributed by atoms with van der Waals surface area (Å²) in [6.45, 7) is 1.52. The summed E-state index contributed by atoms with van der Waals surface area (Å²) in [6.07, 6.45) is 4.67. The first-order valence-electron chi connectivity index (χ1n) is 8.49. The average Bonchev–Trinajstić information content (AvgIpc) is 3.08. The minimum atomic E-state index is -0.0454. The molecule has 0 atom stereocenters. The van der Waals surface area contributed by atoms with E-state index in [0.717, 1.165) is 23.9 Å². The number of nitrogens with zero attached hydrogens (tertiary/aromatic N) is 2. The summed E-state index contributed by atoms with van der Waals surface area (Å²) in [5.74, 6) is -0.0454. The molecule has 0 aliphatic heterocycles. The second-order valence-electron chi connectivity index (χ2n) is 6.05. The maximum Gasteiger partial charge on any atom is 0.252 e. The second kappa shape index (κ2) is 6.77. The summed E-state index contributed by atoms with van der Waals surface area (Å²) < 4.78 is 2.23. The van der Waals surface area contributed by atoms with Gasteiger partial charge in [0.2, 0.25) is 0 Å². The van der Waals surface area contributed by atoms with Gasteiger partial charge in [-0.3, -0.25) is 9.78 Å². The summed E-state index contributed by atoms with van der Waals surface area (Å²) in [4.78, 5) is 16.8. The number of nitrogens with one attached hydrogen (secondary N) is 1. The average molecular weight is 329 g/mol. The lowest BCUT2D eigenvalue weighted by molar-refractivity contribution is 0.0954. The summed E-state index contributed by atoms with van der Waals surface area (Å²) >= 11 is 0. The van der Waals surface area contributed by atoms with Gasteiger partial charge in [0.15, 0.2) is 0 Å². The minimum Gasteiger partial charge on any atom is -0.352 e. The number of hydrogen-bond donors (Lipinski definition) is 1. The number of carbonyl (C=O) groups is 1. The zero-order valence-electron chi connectivity index (χ0n) is 13.9. The Morgan fingerprint density at radius 3 is 2.80 bits per heavy atom. The molecule has 25 heavy (non-hydrogen) atoms. The molecule has 0 saturated heterocycles. The van der Waals surface area contributed by atoms with Crippen LogP contribution in [0.2, 0.25) is 0 Å². The first kappa shape index (κ1) is 15.4. The number of benzene rings is 2. The van der Waals surface area contributed by atoms with Crippen molar-refractivity contribution >= 4 is 27.7 Å². The van der Waals surface area contributed by atoms with E-state index in [1.165, 1.54) is 10.9 Å². The van der Waals surface area contributed by atoms with Crippen molar-refractivity contribution in [2.45, 2.75) is 13.0 Å². The molecular formula is C21H19N3O. The molecule has 2 aromatic carbocycles. The standard InChI is InChI=1S/C21H19N3O/c25-21(18-10-13-22-19-8-3-2-7-17(18)19)23-12-5-14-24-15-11-16-6-1-4-9-20(16)24/h1-4,6-11,13,15H,5,12,14H2,(H,23,25). The molecule has 4 heteroatoms. The molecule has 0 saturated carbocycles. The number of rotatable bonds is 5. The Labute approximate surface area is 146 Å². The maximum absolute atomic E-state index is 12.5. The minimum absolute atomic E-state index is 0.0454. The topological polar surface area (TPSA) is 46.9 Å². The number of pyridine rings is 1. The van der Waals surface area contributed by atoms with E-state index in [0.29, 0.717) is 12.1 Å². The monoisotopic (exact) mass is 329 g/mol. The number of amides is 1. The van der Waals surface area contributed by atoms with Crippen LogP contribution in [0.5, 0.6) is 0 Å². The van der Waals surface area contributed by atoms with E-state index in [9.17, 15) is 4.79 Å². The molecule has 0 unspecified atom stereocenters. The van der Waals surface area contributed by atoms with Gasteiger partial charge in [0.25, 0.3) is 5.91 Å². The van der Waals surface area contributed by atoms with Crippen LogP contribution in [0, 0.1) is 0 Å². The van der Waals surface area contributed by atoms with Crippen LogP contribution < -0.4 is 5.32 Å². The van der Waals surface area contributed by atoms with Gasteiger partial charge in [0, 0.05) is 36.4 Å². The number of carbonyl (C=O) groups excluding carboxylic acids is 1. The van der Waals surface area contributed by atoms with Crippen LogP contribution in [-0.4, -0.2) is 22.0 Å². The maximum atomic E-state index is 12.5. The first-order valence-corrected chi connectivity index (χ1v) is 8.49. The summed E-state index contributed by atoms with van der Waals surface area (Å²) in [6, 6.07) is 19.9. The molecule has 0 bridgehead atoms. The number of fused-ring (bicyclic) bond motifs is 2. The fraction of sp³-hybridized carbons (Fsp3) is 0.143. The van der Waals surface area contributed by atoms with Gasteiger partial charge in [-0.05, 0) is 36.1 Å². The summed E-state index contributed by atoms with van der Waals surface area (Å²) in [5.41, 5.74) is 2.75. The second-order valence-corrected chi connectivity index (χ2v) is 6.05. The van der Waals surface area contributed by atoms with Gasteiger partial charge in [-0.25, -0.2) is 0 Å². The molecule has 2 aromatic heterocycles.